The largest absolute Gasteiger partial charge is 0.411 e. The number of hydrogen-bond acceptors (Lipinski definition) is 5. The number of aryl methyl sites for hydroxylation is 2. The Morgan fingerprint density at radius 3 is 2.48 bits per heavy atom. The zero-order chi connectivity index (χ0) is 18.0. The molecular formula is C19H25N3O2S. The van der Waals surface area contributed by atoms with Gasteiger partial charge in [-0.05, 0) is 51.7 Å². The minimum absolute atomic E-state index is 0.156. The van der Waals surface area contributed by atoms with E-state index in [-0.39, 0.29) is 11.2 Å². The molecule has 2 heterocycles. The summed E-state index contributed by atoms with van der Waals surface area (Å²) in [4.78, 5) is 14.5. The van der Waals surface area contributed by atoms with E-state index in [1.54, 1.807) is 0 Å². The first kappa shape index (κ1) is 18.0. The number of amides is 1. The highest BCUT2D eigenvalue weighted by Crippen LogP contribution is 2.28. The maximum atomic E-state index is 12.6. The number of nitrogens with zero attached hydrogens (tertiary/aromatic N) is 3. The van der Waals surface area contributed by atoms with Crippen LogP contribution >= 0.6 is 11.8 Å². The molecule has 1 aliphatic heterocycles. The Bertz CT molecular complexity index is 731. The monoisotopic (exact) mass is 359 g/mol. The smallest absolute Gasteiger partial charge is 0.277 e. The molecule has 134 valence electrons. The molecule has 1 aromatic carbocycles. The molecular weight excluding hydrogens is 334 g/mol. The molecule has 1 atom stereocenters. The lowest BCUT2D eigenvalue weighted by Gasteiger charge is -2.31. The van der Waals surface area contributed by atoms with E-state index >= 15 is 0 Å². The second kappa shape index (κ2) is 7.60. The van der Waals surface area contributed by atoms with Gasteiger partial charge >= 0.3 is 0 Å². The predicted molar refractivity (Wildman–Crippen MR) is 99.5 cm³/mol. The average Bonchev–Trinajstić information content (AvgIpc) is 3.02. The number of benzene rings is 1. The second-order valence-corrected chi connectivity index (χ2v) is 8.31. The standard InChI is InChI=1S/C19H25N3O2S/c1-12-5-7-22(8-6-12)18(23)15(4)25-19-21-20-17(24-19)16-10-13(2)9-14(3)11-16/h9-12,15H,5-8H2,1-4H3. The third-order valence-electron chi connectivity index (χ3n) is 4.60. The lowest BCUT2D eigenvalue weighted by Crippen LogP contribution is -2.41. The fraction of sp³-hybridized carbons (Fsp3) is 0.526. The molecule has 2 aromatic rings. The molecule has 6 heteroatoms. The zero-order valence-electron chi connectivity index (χ0n) is 15.3. The fourth-order valence-electron chi connectivity index (χ4n) is 3.16. The molecule has 0 N–H and O–H groups in total. The molecule has 1 fully saturated rings. The van der Waals surface area contributed by atoms with Crippen LogP contribution < -0.4 is 0 Å². The third-order valence-corrected chi connectivity index (χ3v) is 5.52. The van der Waals surface area contributed by atoms with E-state index in [0.29, 0.717) is 17.0 Å². The van der Waals surface area contributed by atoms with Gasteiger partial charge in [-0.15, -0.1) is 10.2 Å². The van der Waals surface area contributed by atoms with Crippen molar-refractivity contribution in [3.63, 3.8) is 0 Å². The van der Waals surface area contributed by atoms with Crippen molar-refractivity contribution in [1.82, 2.24) is 15.1 Å². The van der Waals surface area contributed by atoms with Crippen LogP contribution in [0.1, 0.15) is 37.8 Å². The Morgan fingerprint density at radius 1 is 1.20 bits per heavy atom. The van der Waals surface area contributed by atoms with Gasteiger partial charge in [0.25, 0.3) is 5.22 Å². The number of hydrogen-bond donors (Lipinski definition) is 0. The first-order valence-corrected chi connectivity index (χ1v) is 9.68. The molecule has 0 bridgehead atoms. The van der Waals surface area contributed by atoms with Gasteiger partial charge in [-0.1, -0.05) is 35.9 Å². The SMILES string of the molecule is Cc1cc(C)cc(-c2nnc(SC(C)C(=O)N3CCC(C)CC3)o2)c1. The van der Waals surface area contributed by atoms with Crippen molar-refractivity contribution in [3.8, 4) is 11.5 Å². The Kier molecular flexibility index (Phi) is 5.47. The van der Waals surface area contributed by atoms with Crippen molar-refractivity contribution >= 4 is 17.7 Å². The molecule has 3 rings (SSSR count). The maximum Gasteiger partial charge on any atom is 0.277 e. The van der Waals surface area contributed by atoms with E-state index < -0.39 is 0 Å². The van der Waals surface area contributed by atoms with Crippen molar-refractivity contribution in [2.75, 3.05) is 13.1 Å². The Labute approximate surface area is 153 Å². The molecule has 1 saturated heterocycles. The third kappa shape index (κ3) is 4.42. The summed E-state index contributed by atoms with van der Waals surface area (Å²) in [7, 11) is 0. The number of carbonyl (C=O) groups excluding carboxylic acids is 1. The van der Waals surface area contributed by atoms with Crippen LogP contribution in [0.4, 0.5) is 0 Å². The summed E-state index contributed by atoms with van der Waals surface area (Å²) in [6.45, 7) is 9.94. The summed E-state index contributed by atoms with van der Waals surface area (Å²) in [5.41, 5.74) is 3.23. The average molecular weight is 359 g/mol. The molecule has 1 aromatic heterocycles. The predicted octanol–water partition coefficient (Wildman–Crippen LogP) is 4.09. The molecule has 0 aliphatic carbocycles. The second-order valence-electron chi connectivity index (χ2n) is 7.02. The lowest BCUT2D eigenvalue weighted by molar-refractivity contribution is -0.131. The van der Waals surface area contributed by atoms with Gasteiger partial charge in [-0.3, -0.25) is 4.79 Å². The van der Waals surface area contributed by atoms with Gasteiger partial charge in [0.05, 0.1) is 5.25 Å². The van der Waals surface area contributed by atoms with Gasteiger partial charge in [-0.25, -0.2) is 0 Å². The van der Waals surface area contributed by atoms with Crippen LogP contribution in [0.2, 0.25) is 0 Å². The van der Waals surface area contributed by atoms with Crippen LogP contribution in [0.3, 0.4) is 0 Å². The highest BCUT2D eigenvalue weighted by atomic mass is 32.2. The van der Waals surface area contributed by atoms with Gasteiger partial charge in [0.15, 0.2) is 0 Å². The summed E-state index contributed by atoms with van der Waals surface area (Å²) in [6.07, 6.45) is 2.17. The molecule has 0 saturated carbocycles. The van der Waals surface area contributed by atoms with Gasteiger partial charge in [0.2, 0.25) is 11.8 Å². The van der Waals surface area contributed by atoms with Crippen molar-refractivity contribution < 1.29 is 9.21 Å². The van der Waals surface area contributed by atoms with E-state index in [9.17, 15) is 4.79 Å². The molecule has 1 amide bonds. The Morgan fingerprint density at radius 2 is 1.84 bits per heavy atom. The Hall–Kier alpha value is -1.82. The van der Waals surface area contributed by atoms with Crippen molar-refractivity contribution in [3.05, 3.63) is 29.3 Å². The molecule has 0 radical (unpaired) electrons. The number of thioether (sulfide) groups is 1. The van der Waals surface area contributed by atoms with E-state index in [1.165, 1.54) is 11.8 Å². The molecule has 25 heavy (non-hydrogen) atoms. The van der Waals surface area contributed by atoms with Crippen molar-refractivity contribution in [1.29, 1.82) is 0 Å². The number of piperidine rings is 1. The number of rotatable bonds is 4. The number of carbonyl (C=O) groups is 1. The van der Waals surface area contributed by atoms with Gasteiger partial charge < -0.3 is 9.32 Å². The highest BCUT2D eigenvalue weighted by Gasteiger charge is 2.26. The van der Waals surface area contributed by atoms with Crippen LogP contribution in [0.15, 0.2) is 27.8 Å². The summed E-state index contributed by atoms with van der Waals surface area (Å²) in [5, 5.41) is 8.47. The van der Waals surface area contributed by atoms with Crippen LogP contribution in [0, 0.1) is 19.8 Å². The summed E-state index contributed by atoms with van der Waals surface area (Å²) < 4.78 is 5.77. The van der Waals surface area contributed by atoms with E-state index in [1.807, 2.05) is 37.8 Å². The quantitative estimate of drug-likeness (QED) is 0.770. The van der Waals surface area contributed by atoms with Crippen LogP contribution in [0.5, 0.6) is 0 Å². The first-order chi connectivity index (χ1) is 11.9. The summed E-state index contributed by atoms with van der Waals surface area (Å²) >= 11 is 1.34. The summed E-state index contributed by atoms with van der Waals surface area (Å²) in [6, 6.07) is 6.16. The number of likely N-dealkylation sites (tertiary alicyclic amines) is 1. The zero-order valence-corrected chi connectivity index (χ0v) is 16.1. The van der Waals surface area contributed by atoms with E-state index in [2.05, 4.69) is 23.2 Å². The number of aromatic nitrogens is 2. The lowest BCUT2D eigenvalue weighted by atomic mass is 9.99. The normalized spacial score (nSPS) is 16.9. The van der Waals surface area contributed by atoms with E-state index in [0.717, 1.165) is 42.6 Å². The molecule has 0 spiro atoms. The molecule has 5 nitrogen and oxygen atoms in total. The van der Waals surface area contributed by atoms with Crippen LogP contribution in [-0.4, -0.2) is 39.3 Å². The Balaban J connectivity index is 1.65. The maximum absolute atomic E-state index is 12.6. The summed E-state index contributed by atoms with van der Waals surface area (Å²) in [5.74, 6) is 1.37. The van der Waals surface area contributed by atoms with Crippen molar-refractivity contribution in [2.45, 2.75) is 51.0 Å². The molecule has 1 aliphatic rings. The van der Waals surface area contributed by atoms with Crippen LogP contribution in [-0.2, 0) is 4.79 Å². The minimum atomic E-state index is -0.221. The van der Waals surface area contributed by atoms with Gasteiger partial charge in [0.1, 0.15) is 0 Å². The van der Waals surface area contributed by atoms with Crippen LogP contribution in [0.25, 0.3) is 11.5 Å². The van der Waals surface area contributed by atoms with Gasteiger partial charge in [0, 0.05) is 18.7 Å². The van der Waals surface area contributed by atoms with Crippen molar-refractivity contribution in [2.24, 2.45) is 5.92 Å². The van der Waals surface area contributed by atoms with E-state index in [4.69, 9.17) is 4.42 Å². The topological polar surface area (TPSA) is 59.2 Å². The fourth-order valence-corrected chi connectivity index (χ4v) is 3.93. The first-order valence-electron chi connectivity index (χ1n) is 8.80. The molecule has 1 unspecified atom stereocenters. The minimum Gasteiger partial charge on any atom is -0.411 e. The van der Waals surface area contributed by atoms with Gasteiger partial charge in [-0.2, -0.15) is 0 Å². The highest BCUT2D eigenvalue weighted by molar-refractivity contribution is 8.00.